The Bertz CT molecular complexity index is 494. The lowest BCUT2D eigenvalue weighted by atomic mass is 10.1. The number of aromatic nitrogens is 1. The summed E-state index contributed by atoms with van der Waals surface area (Å²) >= 11 is 6.09. The molecule has 0 saturated carbocycles. The van der Waals surface area contributed by atoms with Gasteiger partial charge in [-0.3, -0.25) is 9.78 Å². The maximum absolute atomic E-state index is 12.4. The molecule has 1 rings (SSSR count). The molecule has 1 amide bonds. The van der Waals surface area contributed by atoms with Gasteiger partial charge in [0.1, 0.15) is 0 Å². The first-order valence-electron chi connectivity index (χ1n) is 6.24. The highest BCUT2D eigenvalue weighted by atomic mass is 35.5. The van der Waals surface area contributed by atoms with Crippen molar-refractivity contribution < 1.29 is 4.79 Å². The topological polar surface area (TPSA) is 57.0 Å². The number of hydrogen-bond donors (Lipinski definition) is 0. The van der Waals surface area contributed by atoms with Gasteiger partial charge in [0.05, 0.1) is 23.1 Å². The van der Waals surface area contributed by atoms with E-state index in [0.717, 1.165) is 5.69 Å². The highest BCUT2D eigenvalue weighted by molar-refractivity contribution is 6.33. The van der Waals surface area contributed by atoms with Crippen LogP contribution in [0.2, 0.25) is 5.02 Å². The zero-order valence-electron chi connectivity index (χ0n) is 11.5. The van der Waals surface area contributed by atoms with Crippen molar-refractivity contribution >= 4 is 17.5 Å². The van der Waals surface area contributed by atoms with Crippen LogP contribution in [0.1, 0.15) is 36.3 Å². The summed E-state index contributed by atoms with van der Waals surface area (Å²) in [6, 6.07) is 3.73. The Labute approximate surface area is 119 Å². The van der Waals surface area contributed by atoms with Crippen LogP contribution >= 0.6 is 11.6 Å². The summed E-state index contributed by atoms with van der Waals surface area (Å²) in [7, 11) is 0. The van der Waals surface area contributed by atoms with Crippen molar-refractivity contribution in [2.45, 2.75) is 27.2 Å². The third-order valence-corrected chi connectivity index (χ3v) is 2.90. The van der Waals surface area contributed by atoms with Gasteiger partial charge in [0.25, 0.3) is 5.91 Å². The lowest BCUT2D eigenvalue weighted by Gasteiger charge is -2.24. The molecule has 0 saturated heterocycles. The molecule has 1 heterocycles. The minimum atomic E-state index is -0.165. The van der Waals surface area contributed by atoms with E-state index in [1.807, 2.05) is 20.8 Å². The predicted molar refractivity (Wildman–Crippen MR) is 75.0 cm³/mol. The molecule has 0 unspecified atom stereocenters. The summed E-state index contributed by atoms with van der Waals surface area (Å²) in [6.45, 7) is 6.90. The fourth-order valence-electron chi connectivity index (χ4n) is 1.76. The molecule has 0 aliphatic rings. The number of nitrogens with zero attached hydrogens (tertiary/aromatic N) is 3. The van der Waals surface area contributed by atoms with Crippen LogP contribution in [0.3, 0.4) is 0 Å². The smallest absolute Gasteiger partial charge is 0.256 e. The van der Waals surface area contributed by atoms with E-state index in [-0.39, 0.29) is 5.91 Å². The van der Waals surface area contributed by atoms with Crippen molar-refractivity contribution in [1.29, 1.82) is 5.26 Å². The fraction of sp³-hybridized carbons (Fsp3) is 0.500. The number of halogens is 1. The zero-order valence-corrected chi connectivity index (χ0v) is 12.2. The molecule has 5 heteroatoms. The Morgan fingerprint density at radius 1 is 1.58 bits per heavy atom. The van der Waals surface area contributed by atoms with Gasteiger partial charge in [-0.25, -0.2) is 0 Å². The Morgan fingerprint density at radius 2 is 2.26 bits per heavy atom. The van der Waals surface area contributed by atoms with Crippen molar-refractivity contribution in [2.24, 2.45) is 5.92 Å². The van der Waals surface area contributed by atoms with Crippen molar-refractivity contribution in [3.05, 3.63) is 28.5 Å². The lowest BCUT2D eigenvalue weighted by molar-refractivity contribution is 0.0739. The highest BCUT2D eigenvalue weighted by Gasteiger charge is 2.19. The molecule has 0 N–H and O–H groups in total. The van der Waals surface area contributed by atoms with Crippen molar-refractivity contribution in [2.75, 3.05) is 13.1 Å². The molecule has 0 fully saturated rings. The Balaban J connectivity index is 2.94. The molecule has 102 valence electrons. The van der Waals surface area contributed by atoms with Crippen molar-refractivity contribution in [3.63, 3.8) is 0 Å². The fourth-order valence-corrected chi connectivity index (χ4v) is 2.04. The highest BCUT2D eigenvalue weighted by Crippen LogP contribution is 2.18. The van der Waals surface area contributed by atoms with Crippen LogP contribution < -0.4 is 0 Å². The monoisotopic (exact) mass is 279 g/mol. The number of carbonyl (C=O) groups excluding carboxylic acids is 1. The molecular formula is C14H18ClN3O. The minimum absolute atomic E-state index is 0.165. The quantitative estimate of drug-likeness (QED) is 0.832. The third-order valence-electron chi connectivity index (χ3n) is 2.59. The van der Waals surface area contributed by atoms with Crippen LogP contribution in [-0.4, -0.2) is 28.9 Å². The second kappa shape index (κ2) is 7.10. The van der Waals surface area contributed by atoms with E-state index in [2.05, 4.69) is 11.1 Å². The SMILES string of the molecule is Cc1cc(Cl)c(C(=O)N(CCC#N)CC(C)C)cn1. The van der Waals surface area contributed by atoms with Gasteiger partial charge in [0.15, 0.2) is 0 Å². The van der Waals surface area contributed by atoms with Crippen LogP contribution in [0.25, 0.3) is 0 Å². The number of hydrogen-bond acceptors (Lipinski definition) is 3. The van der Waals surface area contributed by atoms with E-state index in [1.54, 1.807) is 11.0 Å². The average molecular weight is 280 g/mol. The maximum atomic E-state index is 12.4. The number of carbonyl (C=O) groups is 1. The van der Waals surface area contributed by atoms with Gasteiger partial charge in [-0.15, -0.1) is 0 Å². The van der Waals surface area contributed by atoms with Gasteiger partial charge in [-0.2, -0.15) is 5.26 Å². The van der Waals surface area contributed by atoms with Crippen LogP contribution in [0, 0.1) is 24.2 Å². The normalized spacial score (nSPS) is 10.3. The van der Waals surface area contributed by atoms with Crippen LogP contribution in [0.4, 0.5) is 0 Å². The lowest BCUT2D eigenvalue weighted by Crippen LogP contribution is -2.35. The summed E-state index contributed by atoms with van der Waals surface area (Å²) in [5.74, 6) is 0.168. The Kier molecular flexibility index (Phi) is 5.78. The van der Waals surface area contributed by atoms with E-state index in [0.29, 0.717) is 36.0 Å². The summed E-state index contributed by atoms with van der Waals surface area (Å²) in [4.78, 5) is 18.2. The van der Waals surface area contributed by atoms with Crippen molar-refractivity contribution in [3.8, 4) is 6.07 Å². The first-order chi connectivity index (χ1) is 8.95. The summed E-state index contributed by atoms with van der Waals surface area (Å²) < 4.78 is 0. The van der Waals surface area contributed by atoms with Gasteiger partial charge in [0.2, 0.25) is 0 Å². The molecule has 1 aromatic heterocycles. The van der Waals surface area contributed by atoms with Gasteiger partial charge >= 0.3 is 0 Å². The van der Waals surface area contributed by atoms with Crippen LogP contribution in [-0.2, 0) is 0 Å². The Hall–Kier alpha value is -1.60. The molecule has 0 aromatic carbocycles. The second-order valence-corrected chi connectivity index (χ2v) is 5.27. The molecule has 0 bridgehead atoms. The molecule has 1 aromatic rings. The molecule has 0 spiro atoms. The molecule has 4 nitrogen and oxygen atoms in total. The molecule has 19 heavy (non-hydrogen) atoms. The zero-order chi connectivity index (χ0) is 14.4. The first-order valence-corrected chi connectivity index (χ1v) is 6.62. The molecule has 0 radical (unpaired) electrons. The molecule has 0 aliphatic heterocycles. The minimum Gasteiger partial charge on any atom is -0.337 e. The second-order valence-electron chi connectivity index (χ2n) is 4.86. The summed E-state index contributed by atoms with van der Waals surface area (Å²) in [5, 5.41) is 9.07. The van der Waals surface area contributed by atoms with E-state index in [1.165, 1.54) is 6.20 Å². The van der Waals surface area contributed by atoms with Crippen LogP contribution in [0.15, 0.2) is 12.3 Å². The number of pyridine rings is 1. The third kappa shape index (κ3) is 4.53. The van der Waals surface area contributed by atoms with E-state index in [9.17, 15) is 4.79 Å². The summed E-state index contributed by atoms with van der Waals surface area (Å²) in [6.07, 6.45) is 1.81. The molecular weight excluding hydrogens is 262 g/mol. The number of amides is 1. The summed E-state index contributed by atoms with van der Waals surface area (Å²) in [5.41, 5.74) is 1.17. The van der Waals surface area contributed by atoms with Gasteiger partial charge in [0, 0.05) is 25.0 Å². The number of nitriles is 1. The van der Waals surface area contributed by atoms with E-state index >= 15 is 0 Å². The van der Waals surface area contributed by atoms with Gasteiger partial charge in [-0.05, 0) is 18.9 Å². The first kappa shape index (κ1) is 15.5. The molecule has 0 aliphatic carbocycles. The largest absolute Gasteiger partial charge is 0.337 e. The van der Waals surface area contributed by atoms with Gasteiger partial charge < -0.3 is 4.90 Å². The van der Waals surface area contributed by atoms with Crippen molar-refractivity contribution in [1.82, 2.24) is 9.88 Å². The predicted octanol–water partition coefficient (Wildman–Crippen LogP) is 3.06. The molecule has 0 atom stereocenters. The number of aryl methyl sites for hydroxylation is 1. The van der Waals surface area contributed by atoms with E-state index < -0.39 is 0 Å². The van der Waals surface area contributed by atoms with Crippen LogP contribution in [0.5, 0.6) is 0 Å². The Morgan fingerprint density at radius 3 is 2.79 bits per heavy atom. The standard InChI is InChI=1S/C14H18ClN3O/c1-10(2)9-18(6-4-5-16)14(19)12-8-17-11(3)7-13(12)15/h7-8,10H,4,6,9H2,1-3H3. The van der Waals surface area contributed by atoms with E-state index in [4.69, 9.17) is 16.9 Å². The van der Waals surface area contributed by atoms with Gasteiger partial charge in [-0.1, -0.05) is 25.4 Å². The average Bonchev–Trinajstić information content (AvgIpc) is 2.33. The number of rotatable bonds is 5. The maximum Gasteiger partial charge on any atom is 0.256 e.